The molecule has 0 radical (unpaired) electrons. The van der Waals surface area contributed by atoms with E-state index < -0.39 is 57.3 Å². The van der Waals surface area contributed by atoms with E-state index in [-0.39, 0.29) is 80.6 Å². The van der Waals surface area contributed by atoms with E-state index in [4.69, 9.17) is 0 Å². The third-order valence-electron chi connectivity index (χ3n) is 7.94. The van der Waals surface area contributed by atoms with Crippen molar-refractivity contribution in [3.8, 4) is 45.6 Å². The third kappa shape index (κ3) is 3.56. The number of carbonyl (C=O) groups excluding carboxylic acids is 2. The number of phenolic OH excluding ortho intramolecular Hbond substituents is 6. The number of aromatic hydroxyl groups is 6. The van der Waals surface area contributed by atoms with Gasteiger partial charge in [-0.05, 0) is 60.0 Å². The molecule has 40 heavy (non-hydrogen) atoms. The summed E-state index contributed by atoms with van der Waals surface area (Å²) in [4.78, 5) is 25.6. The van der Waals surface area contributed by atoms with Gasteiger partial charge in [-0.1, -0.05) is 0 Å². The minimum absolute atomic E-state index is 0.0170. The SMILES string of the molecule is C[C@]1(O)CC(=O)c2c(cc3c(-c4c(O)c(O)cc5c(O)c6c(cc45)C[C@@](C)(O)CC6=O)c(O)c(O)cc3c2O)C1. The van der Waals surface area contributed by atoms with Crippen LogP contribution in [-0.4, -0.2) is 63.6 Å². The van der Waals surface area contributed by atoms with Crippen molar-refractivity contribution in [1.29, 1.82) is 0 Å². The van der Waals surface area contributed by atoms with Crippen molar-refractivity contribution < 1.29 is 50.4 Å². The molecule has 0 aromatic heterocycles. The van der Waals surface area contributed by atoms with Crippen LogP contribution in [0.2, 0.25) is 0 Å². The molecule has 0 bridgehead atoms. The molecule has 6 rings (SSSR count). The Hall–Kier alpha value is -4.54. The van der Waals surface area contributed by atoms with Crippen LogP contribution in [0.1, 0.15) is 58.5 Å². The predicted octanol–water partition coefficient (Wildman–Crippen LogP) is 3.65. The van der Waals surface area contributed by atoms with E-state index in [0.29, 0.717) is 0 Å². The molecule has 0 aliphatic heterocycles. The van der Waals surface area contributed by atoms with E-state index in [0.717, 1.165) is 12.1 Å². The van der Waals surface area contributed by atoms with E-state index in [1.807, 2.05) is 0 Å². The average molecular weight is 547 g/mol. The highest BCUT2D eigenvalue weighted by Gasteiger charge is 2.38. The van der Waals surface area contributed by atoms with Crippen LogP contribution in [0, 0.1) is 0 Å². The van der Waals surface area contributed by atoms with Crippen LogP contribution >= 0.6 is 0 Å². The molecule has 0 saturated heterocycles. The van der Waals surface area contributed by atoms with Gasteiger partial charge in [-0.3, -0.25) is 9.59 Å². The van der Waals surface area contributed by atoms with Crippen LogP contribution < -0.4 is 0 Å². The van der Waals surface area contributed by atoms with Gasteiger partial charge in [0.2, 0.25) is 0 Å². The molecule has 0 fully saturated rings. The van der Waals surface area contributed by atoms with Gasteiger partial charge in [-0.25, -0.2) is 0 Å². The Morgan fingerprint density at radius 3 is 1.20 bits per heavy atom. The summed E-state index contributed by atoms with van der Waals surface area (Å²) in [7, 11) is 0. The molecule has 2 aliphatic rings. The second-order valence-electron chi connectivity index (χ2n) is 11.5. The number of rotatable bonds is 1. The zero-order chi connectivity index (χ0) is 29.0. The normalized spacial score (nSPS) is 22.5. The second-order valence-corrected chi connectivity index (χ2v) is 11.5. The van der Waals surface area contributed by atoms with Crippen LogP contribution in [0.25, 0.3) is 32.7 Å². The van der Waals surface area contributed by atoms with E-state index in [1.165, 1.54) is 26.0 Å². The van der Waals surface area contributed by atoms with Gasteiger partial charge in [0.25, 0.3) is 0 Å². The highest BCUT2D eigenvalue weighted by Crippen LogP contribution is 2.55. The lowest BCUT2D eigenvalue weighted by atomic mass is 9.77. The van der Waals surface area contributed by atoms with Crippen molar-refractivity contribution in [3.05, 3.63) is 46.5 Å². The number of benzene rings is 4. The number of fused-ring (bicyclic) bond motifs is 4. The van der Waals surface area contributed by atoms with Crippen molar-refractivity contribution in [2.24, 2.45) is 0 Å². The summed E-state index contributed by atoms with van der Waals surface area (Å²) in [6, 6.07) is 5.01. The molecule has 0 heterocycles. The maximum absolute atomic E-state index is 12.8. The lowest BCUT2D eigenvalue weighted by Gasteiger charge is -2.30. The summed E-state index contributed by atoms with van der Waals surface area (Å²) in [6.07, 6.45) is -0.504. The first-order valence-electron chi connectivity index (χ1n) is 12.6. The fourth-order valence-electron chi connectivity index (χ4n) is 6.33. The minimum atomic E-state index is -1.41. The van der Waals surface area contributed by atoms with Crippen molar-refractivity contribution in [2.75, 3.05) is 0 Å². The fourth-order valence-corrected chi connectivity index (χ4v) is 6.33. The molecule has 8 N–H and O–H groups in total. The molecule has 0 saturated carbocycles. The quantitative estimate of drug-likeness (QED) is 0.163. The molecule has 10 nitrogen and oxygen atoms in total. The molecule has 4 aromatic rings. The van der Waals surface area contributed by atoms with Crippen LogP contribution in [0.3, 0.4) is 0 Å². The molecule has 0 unspecified atom stereocenters. The summed E-state index contributed by atoms with van der Waals surface area (Å²) < 4.78 is 0. The zero-order valence-corrected chi connectivity index (χ0v) is 21.5. The maximum Gasteiger partial charge on any atom is 0.169 e. The van der Waals surface area contributed by atoms with Crippen molar-refractivity contribution >= 4 is 33.1 Å². The average Bonchev–Trinajstić information content (AvgIpc) is 2.81. The largest absolute Gasteiger partial charge is 0.507 e. The number of hydrogen-bond acceptors (Lipinski definition) is 10. The van der Waals surface area contributed by atoms with E-state index in [1.54, 1.807) is 0 Å². The van der Waals surface area contributed by atoms with Gasteiger partial charge in [0, 0.05) is 47.6 Å². The van der Waals surface area contributed by atoms with Crippen molar-refractivity contribution in [2.45, 2.75) is 50.7 Å². The van der Waals surface area contributed by atoms with E-state index >= 15 is 0 Å². The maximum atomic E-state index is 12.8. The summed E-state index contributed by atoms with van der Waals surface area (Å²) in [5.41, 5.74) is -2.82. The number of aliphatic hydroxyl groups is 2. The molecule has 2 atom stereocenters. The van der Waals surface area contributed by atoms with E-state index in [2.05, 4.69) is 0 Å². The van der Waals surface area contributed by atoms with Crippen molar-refractivity contribution in [1.82, 2.24) is 0 Å². The van der Waals surface area contributed by atoms with Gasteiger partial charge in [0.15, 0.2) is 34.6 Å². The van der Waals surface area contributed by atoms with Gasteiger partial charge in [0.05, 0.1) is 22.3 Å². The first-order valence-corrected chi connectivity index (χ1v) is 12.6. The molecule has 2 aliphatic carbocycles. The van der Waals surface area contributed by atoms with Crippen LogP contribution in [0.5, 0.6) is 34.5 Å². The Kier molecular flexibility index (Phi) is 5.14. The van der Waals surface area contributed by atoms with Gasteiger partial charge >= 0.3 is 0 Å². The number of ketones is 2. The van der Waals surface area contributed by atoms with Gasteiger partial charge < -0.3 is 40.9 Å². The molecule has 206 valence electrons. The van der Waals surface area contributed by atoms with Crippen LogP contribution in [0.4, 0.5) is 0 Å². The van der Waals surface area contributed by atoms with E-state index in [9.17, 15) is 50.4 Å². The highest BCUT2D eigenvalue weighted by molar-refractivity contribution is 6.18. The minimum Gasteiger partial charge on any atom is -0.507 e. The van der Waals surface area contributed by atoms with Crippen molar-refractivity contribution in [3.63, 3.8) is 0 Å². The third-order valence-corrected chi connectivity index (χ3v) is 7.94. The smallest absolute Gasteiger partial charge is 0.169 e. The molecule has 0 amide bonds. The standard InChI is InChI=1S/C30H26O10/c1-29(39)7-11-3-13-15(25(35)21(11)19(33)9-29)5-17(31)27(37)23(13)24-14-4-12-8-30(2,40)10-20(34)22(12)26(36)16(14)6-18(32)28(24)38/h3-6,31-32,35-40H,7-10H2,1-2H3/t29-,30-/m1/s1. The molecule has 0 spiro atoms. The number of Topliss-reactive ketones (excluding diaryl/α,β-unsaturated/α-hetero) is 2. The number of phenols is 6. The summed E-state index contributed by atoms with van der Waals surface area (Å²) in [6.45, 7) is 2.95. The zero-order valence-electron chi connectivity index (χ0n) is 21.5. The van der Waals surface area contributed by atoms with Gasteiger partial charge in [-0.2, -0.15) is 0 Å². The topological polar surface area (TPSA) is 196 Å². The summed E-state index contributed by atoms with van der Waals surface area (Å²) in [5.74, 6) is -4.89. The number of hydrogen-bond donors (Lipinski definition) is 8. The van der Waals surface area contributed by atoms with Crippen LogP contribution in [-0.2, 0) is 12.8 Å². The Balaban J connectivity index is 1.78. The van der Waals surface area contributed by atoms with Gasteiger partial charge in [-0.15, -0.1) is 0 Å². The molecular formula is C30H26O10. The Bertz CT molecular complexity index is 1710. The highest BCUT2D eigenvalue weighted by atomic mass is 16.3. The van der Waals surface area contributed by atoms with Crippen LogP contribution in [0.15, 0.2) is 24.3 Å². The summed E-state index contributed by atoms with van der Waals surface area (Å²) in [5, 5.41) is 87.1. The second kappa shape index (κ2) is 8.00. The molecular weight excluding hydrogens is 520 g/mol. The predicted molar refractivity (Wildman–Crippen MR) is 143 cm³/mol. The lowest BCUT2D eigenvalue weighted by Crippen LogP contribution is -2.35. The first kappa shape index (κ1) is 25.7. The Morgan fingerprint density at radius 2 is 0.850 bits per heavy atom. The number of carbonyl (C=O) groups is 2. The Morgan fingerprint density at radius 1 is 0.500 bits per heavy atom. The molecule has 10 heteroatoms. The van der Waals surface area contributed by atoms with Gasteiger partial charge in [0.1, 0.15) is 11.5 Å². The summed E-state index contributed by atoms with van der Waals surface area (Å²) >= 11 is 0. The monoisotopic (exact) mass is 546 g/mol. The fraction of sp³-hybridized carbons (Fsp3) is 0.267. The molecule has 4 aromatic carbocycles. The first-order chi connectivity index (χ1) is 18.6. The Labute approximate surface area is 226 Å². The lowest BCUT2D eigenvalue weighted by molar-refractivity contribution is 0.0396.